The lowest BCUT2D eigenvalue weighted by Gasteiger charge is -2.12. The predicted molar refractivity (Wildman–Crippen MR) is 139 cm³/mol. The highest BCUT2D eigenvalue weighted by Gasteiger charge is 2.12. The van der Waals surface area contributed by atoms with E-state index >= 15 is 0 Å². The van der Waals surface area contributed by atoms with Gasteiger partial charge in [0.05, 0.1) is 6.54 Å². The van der Waals surface area contributed by atoms with Crippen LogP contribution in [0.2, 0.25) is 0 Å². The van der Waals surface area contributed by atoms with Gasteiger partial charge in [0.15, 0.2) is 0 Å². The van der Waals surface area contributed by atoms with E-state index in [1.54, 1.807) is 18.6 Å². The molecule has 2 aromatic heterocycles. The molecule has 0 bridgehead atoms. The molecule has 0 radical (unpaired) electrons. The van der Waals surface area contributed by atoms with Gasteiger partial charge in [0.1, 0.15) is 12.4 Å². The number of amides is 1. The zero-order valence-corrected chi connectivity index (χ0v) is 19.7. The fraction of sp³-hybridized carbons (Fsp3) is 0.100. The third kappa shape index (κ3) is 5.85. The van der Waals surface area contributed by atoms with Crippen molar-refractivity contribution in [2.24, 2.45) is 0 Å². The van der Waals surface area contributed by atoms with Crippen LogP contribution < -0.4 is 10.1 Å². The molecule has 6 heteroatoms. The van der Waals surface area contributed by atoms with Crippen LogP contribution in [-0.2, 0) is 19.7 Å². The molecule has 0 aliphatic rings. The number of rotatable bonds is 9. The van der Waals surface area contributed by atoms with Crippen LogP contribution in [0.3, 0.4) is 0 Å². The van der Waals surface area contributed by atoms with E-state index in [0.29, 0.717) is 25.3 Å². The largest absolute Gasteiger partial charge is 0.489 e. The summed E-state index contributed by atoms with van der Waals surface area (Å²) in [4.78, 5) is 17.2. The second-order valence-corrected chi connectivity index (χ2v) is 8.42. The number of benzene rings is 3. The second kappa shape index (κ2) is 11.1. The van der Waals surface area contributed by atoms with E-state index in [9.17, 15) is 4.79 Å². The normalized spacial score (nSPS) is 10.7. The molecule has 0 spiro atoms. The summed E-state index contributed by atoms with van der Waals surface area (Å²) in [7, 11) is 0. The minimum atomic E-state index is -0.108. The number of hydrogen-bond donors (Lipinski definition) is 1. The molecule has 0 saturated heterocycles. The van der Waals surface area contributed by atoms with Crippen molar-refractivity contribution < 1.29 is 9.53 Å². The van der Waals surface area contributed by atoms with Crippen molar-refractivity contribution in [2.45, 2.75) is 19.7 Å². The zero-order chi connectivity index (χ0) is 24.6. The molecular formula is C30H26N4O2. The fourth-order valence-corrected chi connectivity index (χ4v) is 3.93. The first-order valence-electron chi connectivity index (χ1n) is 11.8. The van der Waals surface area contributed by atoms with Gasteiger partial charge >= 0.3 is 0 Å². The van der Waals surface area contributed by atoms with Crippen molar-refractivity contribution in [1.29, 1.82) is 0 Å². The SMILES string of the molecule is O=C(NCc1ccc(OCc2cccnc2)cc1)c1ccccc1-c1ccc(Cn2cccn2)cc1. The van der Waals surface area contributed by atoms with E-state index in [1.807, 2.05) is 77.6 Å². The first-order valence-corrected chi connectivity index (χ1v) is 11.8. The molecule has 0 saturated carbocycles. The van der Waals surface area contributed by atoms with E-state index in [0.717, 1.165) is 33.6 Å². The molecule has 3 aromatic carbocycles. The minimum Gasteiger partial charge on any atom is -0.489 e. The Morgan fingerprint density at radius 1 is 0.806 bits per heavy atom. The second-order valence-electron chi connectivity index (χ2n) is 8.42. The van der Waals surface area contributed by atoms with Gasteiger partial charge < -0.3 is 10.1 Å². The third-order valence-electron chi connectivity index (χ3n) is 5.85. The molecule has 5 aromatic rings. The fourth-order valence-electron chi connectivity index (χ4n) is 3.93. The van der Waals surface area contributed by atoms with E-state index in [4.69, 9.17) is 4.74 Å². The van der Waals surface area contributed by atoms with E-state index in [-0.39, 0.29) is 5.91 Å². The van der Waals surface area contributed by atoms with Crippen LogP contribution in [0.25, 0.3) is 11.1 Å². The quantitative estimate of drug-likeness (QED) is 0.306. The summed E-state index contributed by atoms with van der Waals surface area (Å²) in [5.41, 5.74) is 5.71. The van der Waals surface area contributed by atoms with Crippen LogP contribution in [0.4, 0.5) is 0 Å². The third-order valence-corrected chi connectivity index (χ3v) is 5.85. The Hall–Kier alpha value is -4.71. The van der Waals surface area contributed by atoms with Crippen molar-refractivity contribution >= 4 is 5.91 Å². The Morgan fingerprint density at radius 2 is 1.61 bits per heavy atom. The summed E-state index contributed by atoms with van der Waals surface area (Å²) in [6, 6.07) is 29.5. The van der Waals surface area contributed by atoms with E-state index in [1.165, 1.54) is 0 Å². The lowest BCUT2D eigenvalue weighted by Crippen LogP contribution is -2.23. The summed E-state index contributed by atoms with van der Waals surface area (Å²) < 4.78 is 7.70. The highest BCUT2D eigenvalue weighted by atomic mass is 16.5. The van der Waals surface area contributed by atoms with Crippen LogP contribution in [0.5, 0.6) is 5.75 Å². The van der Waals surface area contributed by atoms with Gasteiger partial charge in [-0.15, -0.1) is 0 Å². The predicted octanol–water partition coefficient (Wildman–Crippen LogP) is 5.50. The molecule has 1 amide bonds. The van der Waals surface area contributed by atoms with Crippen LogP contribution in [0.1, 0.15) is 27.0 Å². The number of pyridine rings is 1. The highest BCUT2D eigenvalue weighted by molar-refractivity contribution is 6.00. The Morgan fingerprint density at radius 3 is 2.36 bits per heavy atom. The molecule has 2 heterocycles. The first kappa shape index (κ1) is 23.1. The maximum atomic E-state index is 13.1. The van der Waals surface area contributed by atoms with Gasteiger partial charge in [-0.3, -0.25) is 14.5 Å². The van der Waals surface area contributed by atoms with Gasteiger partial charge in [-0.05, 0) is 52.6 Å². The van der Waals surface area contributed by atoms with Crippen molar-refractivity contribution in [3.05, 3.63) is 138 Å². The number of carbonyl (C=O) groups is 1. The van der Waals surface area contributed by atoms with Crippen molar-refractivity contribution in [2.75, 3.05) is 0 Å². The average Bonchev–Trinajstić information content (AvgIpc) is 3.45. The van der Waals surface area contributed by atoms with Crippen molar-refractivity contribution in [3.8, 4) is 16.9 Å². The molecule has 0 aliphatic carbocycles. The number of hydrogen-bond acceptors (Lipinski definition) is 4. The van der Waals surface area contributed by atoms with Gasteiger partial charge in [0.2, 0.25) is 0 Å². The Balaban J connectivity index is 1.20. The van der Waals surface area contributed by atoms with Crippen molar-refractivity contribution in [3.63, 3.8) is 0 Å². The number of aromatic nitrogens is 3. The molecule has 0 unspecified atom stereocenters. The number of carbonyl (C=O) groups excluding carboxylic acids is 1. The Bertz CT molecular complexity index is 1400. The van der Waals surface area contributed by atoms with Gasteiger partial charge in [-0.1, -0.05) is 60.7 Å². The smallest absolute Gasteiger partial charge is 0.252 e. The van der Waals surface area contributed by atoms with Gasteiger partial charge in [-0.25, -0.2) is 0 Å². The Kier molecular flexibility index (Phi) is 7.14. The van der Waals surface area contributed by atoms with Crippen LogP contribution in [-0.4, -0.2) is 20.7 Å². The number of ether oxygens (including phenoxy) is 1. The van der Waals surface area contributed by atoms with Crippen molar-refractivity contribution in [1.82, 2.24) is 20.1 Å². The summed E-state index contributed by atoms with van der Waals surface area (Å²) in [6.45, 7) is 1.60. The van der Waals surface area contributed by atoms with E-state index in [2.05, 4.69) is 39.7 Å². The molecule has 0 fully saturated rings. The van der Waals surface area contributed by atoms with Gasteiger partial charge in [0, 0.05) is 42.5 Å². The molecule has 36 heavy (non-hydrogen) atoms. The average molecular weight is 475 g/mol. The maximum Gasteiger partial charge on any atom is 0.252 e. The molecular weight excluding hydrogens is 448 g/mol. The van der Waals surface area contributed by atoms with Crippen LogP contribution >= 0.6 is 0 Å². The maximum absolute atomic E-state index is 13.1. The lowest BCUT2D eigenvalue weighted by molar-refractivity contribution is 0.0951. The topological polar surface area (TPSA) is 69.0 Å². The minimum absolute atomic E-state index is 0.108. The molecule has 178 valence electrons. The zero-order valence-electron chi connectivity index (χ0n) is 19.7. The summed E-state index contributed by atoms with van der Waals surface area (Å²) in [5, 5.41) is 7.30. The molecule has 1 N–H and O–H groups in total. The summed E-state index contributed by atoms with van der Waals surface area (Å²) in [6.07, 6.45) is 7.24. The summed E-state index contributed by atoms with van der Waals surface area (Å²) >= 11 is 0. The van der Waals surface area contributed by atoms with Gasteiger partial charge in [0.25, 0.3) is 5.91 Å². The molecule has 0 aliphatic heterocycles. The van der Waals surface area contributed by atoms with Crippen LogP contribution in [0.15, 0.2) is 116 Å². The first-order chi connectivity index (χ1) is 17.7. The monoisotopic (exact) mass is 474 g/mol. The van der Waals surface area contributed by atoms with Gasteiger partial charge in [-0.2, -0.15) is 5.10 Å². The van der Waals surface area contributed by atoms with E-state index < -0.39 is 0 Å². The summed E-state index contributed by atoms with van der Waals surface area (Å²) in [5.74, 6) is 0.665. The number of nitrogens with zero attached hydrogens (tertiary/aromatic N) is 3. The number of nitrogens with one attached hydrogen (secondary N) is 1. The molecule has 6 nitrogen and oxygen atoms in total. The Labute approximate surface area is 210 Å². The van der Waals surface area contributed by atoms with Crippen LogP contribution in [0, 0.1) is 0 Å². The lowest BCUT2D eigenvalue weighted by atomic mass is 9.98. The molecule has 5 rings (SSSR count). The standard InChI is InChI=1S/C30H26N4O2/c35-30(32-20-23-10-14-27(15-11-23)36-22-25-5-3-16-31-19-25)29-7-2-1-6-28(29)26-12-8-24(9-13-26)21-34-18-4-17-33-34/h1-19H,20-22H2,(H,32,35). The highest BCUT2D eigenvalue weighted by Crippen LogP contribution is 2.24. The molecule has 0 atom stereocenters.